The van der Waals surface area contributed by atoms with Gasteiger partial charge in [-0.15, -0.1) is 0 Å². The van der Waals surface area contributed by atoms with E-state index in [1.807, 2.05) is 0 Å². The van der Waals surface area contributed by atoms with E-state index in [9.17, 15) is 14.0 Å². The van der Waals surface area contributed by atoms with Crippen molar-refractivity contribution in [3.8, 4) is 0 Å². The van der Waals surface area contributed by atoms with Gasteiger partial charge in [0, 0.05) is 0 Å². The smallest absolute Gasteiger partial charge is 0.320 e. The highest BCUT2D eigenvalue weighted by atomic mass is 19.1. The Morgan fingerprint density at radius 2 is 1.80 bits per heavy atom. The maximum Gasteiger partial charge on any atom is 0.320 e. The summed E-state index contributed by atoms with van der Waals surface area (Å²) in [6.07, 6.45) is 0.878. The van der Waals surface area contributed by atoms with E-state index in [0.29, 0.717) is 12.8 Å². The first kappa shape index (κ1) is 13.8. The quantitative estimate of drug-likeness (QED) is 0.522. The molecule has 5 nitrogen and oxygen atoms in total. The minimum Gasteiger partial charge on any atom is -0.481 e. The van der Waals surface area contributed by atoms with Crippen LogP contribution in [0.3, 0.4) is 0 Å². The molecule has 2 atom stereocenters. The van der Waals surface area contributed by atoms with Gasteiger partial charge in [-0.25, -0.2) is 0 Å². The fraction of sp³-hybridized carbons (Fsp3) is 0.778. The summed E-state index contributed by atoms with van der Waals surface area (Å²) in [6.45, 7) is -0.489. The van der Waals surface area contributed by atoms with Crippen LogP contribution < -0.4 is 5.73 Å². The van der Waals surface area contributed by atoms with Gasteiger partial charge in [0.15, 0.2) is 0 Å². The number of carboxylic acids is 2. The molecule has 0 radical (unpaired) electrons. The highest BCUT2D eigenvalue weighted by molar-refractivity contribution is 5.75. The molecule has 0 aromatic heterocycles. The lowest BCUT2D eigenvalue weighted by atomic mass is 9.95. The van der Waals surface area contributed by atoms with Crippen LogP contribution in [0.4, 0.5) is 4.39 Å². The van der Waals surface area contributed by atoms with Crippen LogP contribution in [0.1, 0.15) is 25.7 Å². The first-order valence-corrected chi connectivity index (χ1v) is 4.76. The SMILES string of the molecule is N[C@@H](C[C@H](CCCCF)C(=O)O)C(=O)O. The van der Waals surface area contributed by atoms with Crippen LogP contribution in [0.15, 0.2) is 0 Å². The lowest BCUT2D eigenvalue weighted by Crippen LogP contribution is -2.34. The number of alkyl halides is 1. The van der Waals surface area contributed by atoms with Gasteiger partial charge in [-0.1, -0.05) is 0 Å². The van der Waals surface area contributed by atoms with Gasteiger partial charge in [-0.05, 0) is 25.7 Å². The number of hydrogen-bond acceptors (Lipinski definition) is 3. The molecule has 6 heteroatoms. The summed E-state index contributed by atoms with van der Waals surface area (Å²) in [4.78, 5) is 21.1. The zero-order chi connectivity index (χ0) is 11.8. The van der Waals surface area contributed by atoms with E-state index in [4.69, 9.17) is 15.9 Å². The van der Waals surface area contributed by atoms with Crippen molar-refractivity contribution in [3.05, 3.63) is 0 Å². The zero-order valence-corrected chi connectivity index (χ0v) is 8.36. The van der Waals surface area contributed by atoms with E-state index >= 15 is 0 Å². The molecule has 0 unspecified atom stereocenters. The minimum absolute atomic E-state index is 0.114. The van der Waals surface area contributed by atoms with Gasteiger partial charge in [0.25, 0.3) is 0 Å². The summed E-state index contributed by atoms with van der Waals surface area (Å²) in [7, 11) is 0. The summed E-state index contributed by atoms with van der Waals surface area (Å²) in [5.41, 5.74) is 5.22. The van der Waals surface area contributed by atoms with Crippen LogP contribution in [0.25, 0.3) is 0 Å². The molecule has 0 aliphatic heterocycles. The second kappa shape index (κ2) is 7.17. The molecular weight excluding hydrogens is 205 g/mol. The monoisotopic (exact) mass is 221 g/mol. The lowest BCUT2D eigenvalue weighted by Gasteiger charge is -2.14. The summed E-state index contributed by atoms with van der Waals surface area (Å²) in [5.74, 6) is -3.10. The minimum atomic E-state index is -1.22. The van der Waals surface area contributed by atoms with E-state index in [1.165, 1.54) is 0 Å². The van der Waals surface area contributed by atoms with E-state index in [-0.39, 0.29) is 12.8 Å². The topological polar surface area (TPSA) is 101 Å². The number of halogens is 1. The van der Waals surface area contributed by atoms with Crippen molar-refractivity contribution >= 4 is 11.9 Å². The summed E-state index contributed by atoms with van der Waals surface area (Å²) < 4.78 is 11.8. The summed E-state index contributed by atoms with van der Waals surface area (Å²) in [6, 6.07) is -1.17. The van der Waals surface area contributed by atoms with Gasteiger partial charge in [0.05, 0.1) is 12.6 Å². The highest BCUT2D eigenvalue weighted by Gasteiger charge is 2.23. The van der Waals surface area contributed by atoms with Crippen LogP contribution in [-0.4, -0.2) is 34.9 Å². The molecule has 0 aliphatic carbocycles. The van der Waals surface area contributed by atoms with Crippen LogP contribution in [0.5, 0.6) is 0 Å². The molecule has 0 fully saturated rings. The lowest BCUT2D eigenvalue weighted by molar-refractivity contribution is -0.143. The number of aliphatic carboxylic acids is 2. The van der Waals surface area contributed by atoms with Crippen LogP contribution in [0, 0.1) is 5.92 Å². The first-order valence-electron chi connectivity index (χ1n) is 4.76. The summed E-state index contributed by atoms with van der Waals surface area (Å²) in [5, 5.41) is 17.3. The molecular formula is C9H16FNO4. The second-order valence-electron chi connectivity index (χ2n) is 3.40. The fourth-order valence-corrected chi connectivity index (χ4v) is 1.23. The van der Waals surface area contributed by atoms with Crippen molar-refractivity contribution < 1.29 is 24.2 Å². The molecule has 0 amide bonds. The number of nitrogens with two attached hydrogens (primary N) is 1. The van der Waals surface area contributed by atoms with Gasteiger partial charge >= 0.3 is 11.9 Å². The maximum absolute atomic E-state index is 11.8. The van der Waals surface area contributed by atoms with E-state index in [2.05, 4.69) is 0 Å². The van der Waals surface area contributed by atoms with Gasteiger partial charge in [-0.2, -0.15) is 0 Å². The molecule has 0 aromatic carbocycles. The molecule has 15 heavy (non-hydrogen) atoms. The number of hydrogen-bond donors (Lipinski definition) is 3. The first-order chi connectivity index (χ1) is 6.99. The zero-order valence-electron chi connectivity index (χ0n) is 8.36. The molecule has 0 bridgehead atoms. The standard InChI is InChI=1S/C9H16FNO4/c10-4-2-1-3-6(8(12)13)5-7(11)9(14)15/h6-7H,1-5,11H2,(H,12,13)(H,14,15)/t6-,7-/m0/s1. The third-order valence-corrected chi connectivity index (χ3v) is 2.14. The fourth-order valence-electron chi connectivity index (χ4n) is 1.23. The molecule has 0 saturated carbocycles. The highest BCUT2D eigenvalue weighted by Crippen LogP contribution is 2.15. The third-order valence-electron chi connectivity index (χ3n) is 2.14. The number of rotatable bonds is 8. The van der Waals surface area contributed by atoms with Crippen LogP contribution in [-0.2, 0) is 9.59 Å². The van der Waals surface area contributed by atoms with Crippen molar-refractivity contribution in [2.24, 2.45) is 11.7 Å². The summed E-state index contributed by atoms with van der Waals surface area (Å²) >= 11 is 0. The average Bonchev–Trinajstić information content (AvgIpc) is 2.15. The molecule has 0 aromatic rings. The van der Waals surface area contributed by atoms with Crippen molar-refractivity contribution in [1.29, 1.82) is 0 Å². The molecule has 0 aliphatic rings. The van der Waals surface area contributed by atoms with Gasteiger partial charge in [0.2, 0.25) is 0 Å². The molecule has 4 N–H and O–H groups in total. The van der Waals surface area contributed by atoms with E-state index in [1.54, 1.807) is 0 Å². The van der Waals surface area contributed by atoms with Gasteiger partial charge in [-0.3, -0.25) is 14.0 Å². The Hall–Kier alpha value is -1.17. The van der Waals surface area contributed by atoms with Crippen LogP contribution in [0.2, 0.25) is 0 Å². The molecule has 0 rings (SSSR count). The van der Waals surface area contributed by atoms with Crippen molar-refractivity contribution in [3.63, 3.8) is 0 Å². The van der Waals surface area contributed by atoms with Crippen LogP contribution >= 0.6 is 0 Å². The third kappa shape index (κ3) is 6.01. The number of carboxylic acid groups (broad SMARTS) is 2. The maximum atomic E-state index is 11.8. The van der Waals surface area contributed by atoms with E-state index < -0.39 is 30.6 Å². The Balaban J connectivity index is 4.04. The second-order valence-corrected chi connectivity index (χ2v) is 3.40. The predicted molar refractivity (Wildman–Crippen MR) is 51.2 cm³/mol. The Kier molecular flexibility index (Phi) is 6.61. The Labute approximate surface area is 87.1 Å². The average molecular weight is 221 g/mol. The molecule has 0 saturated heterocycles. The van der Waals surface area contributed by atoms with E-state index in [0.717, 1.165) is 0 Å². The predicted octanol–water partition coefficient (Wildman–Crippen LogP) is 0.629. The Morgan fingerprint density at radius 1 is 1.20 bits per heavy atom. The largest absolute Gasteiger partial charge is 0.481 e. The van der Waals surface area contributed by atoms with Gasteiger partial charge < -0.3 is 15.9 Å². The van der Waals surface area contributed by atoms with Crippen molar-refractivity contribution in [1.82, 2.24) is 0 Å². The molecule has 0 spiro atoms. The molecule has 0 heterocycles. The van der Waals surface area contributed by atoms with Gasteiger partial charge in [0.1, 0.15) is 6.04 Å². The van der Waals surface area contributed by atoms with Crippen molar-refractivity contribution in [2.75, 3.05) is 6.67 Å². The molecule has 88 valence electrons. The Morgan fingerprint density at radius 3 is 2.20 bits per heavy atom. The van der Waals surface area contributed by atoms with Crippen molar-refractivity contribution in [2.45, 2.75) is 31.7 Å². The number of carbonyl (C=O) groups is 2. The number of unbranched alkanes of at least 4 members (excludes halogenated alkanes) is 1. The normalized spacial score (nSPS) is 14.5. The Bertz CT molecular complexity index is 222.